The van der Waals surface area contributed by atoms with Gasteiger partial charge >= 0.3 is 0 Å². The minimum absolute atomic E-state index is 0.457. The van der Waals surface area contributed by atoms with E-state index in [2.05, 4.69) is 35.9 Å². The van der Waals surface area contributed by atoms with Crippen molar-refractivity contribution in [3.8, 4) is 0 Å². The predicted molar refractivity (Wildman–Crippen MR) is 93.3 cm³/mol. The van der Waals surface area contributed by atoms with E-state index < -0.39 is 0 Å². The van der Waals surface area contributed by atoms with Gasteiger partial charge in [0.2, 0.25) is 0 Å². The number of hydrogen-bond acceptors (Lipinski definition) is 4. The van der Waals surface area contributed by atoms with Crippen molar-refractivity contribution in [1.82, 2.24) is 15.1 Å². The predicted octanol–water partition coefficient (Wildman–Crippen LogP) is 2.05. The molecule has 2 aliphatic rings. The molecule has 1 N–H and O–H groups in total. The van der Waals surface area contributed by atoms with Gasteiger partial charge in [0.15, 0.2) is 0 Å². The molecule has 0 aliphatic carbocycles. The molecule has 2 heterocycles. The zero-order valence-electron chi connectivity index (χ0n) is 15.0. The molecule has 0 aromatic heterocycles. The second kappa shape index (κ2) is 9.86. The van der Waals surface area contributed by atoms with Gasteiger partial charge in [-0.3, -0.25) is 4.90 Å². The summed E-state index contributed by atoms with van der Waals surface area (Å²) in [6, 6.07) is 0. The number of ether oxygens (including phenoxy) is 1. The minimum atomic E-state index is 0.457. The molecule has 2 rings (SSSR count). The van der Waals surface area contributed by atoms with Crippen LogP contribution in [0.3, 0.4) is 0 Å². The molecule has 0 radical (unpaired) electrons. The molecule has 0 bridgehead atoms. The van der Waals surface area contributed by atoms with Gasteiger partial charge in [-0.15, -0.1) is 0 Å². The van der Waals surface area contributed by atoms with E-state index in [1.807, 2.05) is 0 Å². The molecule has 0 aromatic carbocycles. The Bertz CT molecular complexity index is 292. The van der Waals surface area contributed by atoms with Crippen LogP contribution in [-0.4, -0.2) is 74.9 Å². The fourth-order valence-corrected chi connectivity index (χ4v) is 3.47. The van der Waals surface area contributed by atoms with E-state index in [9.17, 15) is 0 Å². The molecule has 0 aromatic rings. The molecule has 2 aliphatic heterocycles. The lowest BCUT2D eigenvalue weighted by Gasteiger charge is -2.35. The zero-order chi connectivity index (χ0) is 15.8. The first-order valence-electron chi connectivity index (χ1n) is 9.40. The van der Waals surface area contributed by atoms with Gasteiger partial charge in [-0.25, -0.2) is 0 Å². The second-order valence-electron chi connectivity index (χ2n) is 7.70. The van der Waals surface area contributed by atoms with E-state index in [-0.39, 0.29) is 0 Å². The van der Waals surface area contributed by atoms with Gasteiger partial charge in [0.25, 0.3) is 0 Å². The number of nitrogens with one attached hydrogen (secondary N) is 1. The van der Waals surface area contributed by atoms with Crippen LogP contribution >= 0.6 is 0 Å². The largest absolute Gasteiger partial charge is 0.376 e. The molecule has 2 atom stereocenters. The number of rotatable bonds is 8. The fourth-order valence-electron chi connectivity index (χ4n) is 3.47. The molecule has 4 nitrogen and oxygen atoms in total. The molecule has 130 valence electrons. The van der Waals surface area contributed by atoms with Crippen molar-refractivity contribution in [2.24, 2.45) is 11.8 Å². The van der Waals surface area contributed by atoms with E-state index >= 15 is 0 Å². The molecule has 22 heavy (non-hydrogen) atoms. The van der Waals surface area contributed by atoms with Crippen LogP contribution in [0, 0.1) is 11.8 Å². The zero-order valence-corrected chi connectivity index (χ0v) is 15.0. The Balaban J connectivity index is 1.61. The van der Waals surface area contributed by atoms with Crippen molar-refractivity contribution >= 4 is 0 Å². The second-order valence-corrected chi connectivity index (χ2v) is 7.70. The van der Waals surface area contributed by atoms with Crippen LogP contribution in [-0.2, 0) is 4.74 Å². The van der Waals surface area contributed by atoms with E-state index in [4.69, 9.17) is 4.74 Å². The average Bonchev–Trinajstić information content (AvgIpc) is 2.52. The third-order valence-corrected chi connectivity index (χ3v) is 5.06. The number of hydrogen-bond donors (Lipinski definition) is 1. The Kier molecular flexibility index (Phi) is 8.15. The standard InChI is InChI=1S/C18H37N3O/c1-16(2)4-8-21-12-13-22-18(15-21)14-17(3)5-9-20-10-6-19-7-11-20/h16-19H,4-15H2,1-3H3. The topological polar surface area (TPSA) is 27.7 Å². The summed E-state index contributed by atoms with van der Waals surface area (Å²) in [5.74, 6) is 1.57. The third kappa shape index (κ3) is 6.95. The summed E-state index contributed by atoms with van der Waals surface area (Å²) in [4.78, 5) is 5.21. The summed E-state index contributed by atoms with van der Waals surface area (Å²) in [5, 5.41) is 3.43. The van der Waals surface area contributed by atoms with Gasteiger partial charge in [0, 0.05) is 39.3 Å². The Morgan fingerprint density at radius 2 is 1.73 bits per heavy atom. The molecule has 2 unspecified atom stereocenters. The maximum absolute atomic E-state index is 6.01. The van der Waals surface area contributed by atoms with E-state index in [1.165, 1.54) is 45.4 Å². The number of nitrogens with zero attached hydrogens (tertiary/aromatic N) is 2. The molecule has 4 heteroatoms. The molecular weight excluding hydrogens is 274 g/mol. The Morgan fingerprint density at radius 1 is 1.00 bits per heavy atom. The van der Waals surface area contributed by atoms with Crippen LogP contribution in [0.25, 0.3) is 0 Å². The summed E-state index contributed by atoms with van der Waals surface area (Å²) in [6.07, 6.45) is 4.31. The van der Waals surface area contributed by atoms with Crippen LogP contribution < -0.4 is 5.32 Å². The first kappa shape index (κ1) is 18.2. The maximum Gasteiger partial charge on any atom is 0.0705 e. The normalized spacial score (nSPS) is 26.5. The summed E-state index contributed by atoms with van der Waals surface area (Å²) in [7, 11) is 0. The molecule has 2 fully saturated rings. The average molecular weight is 312 g/mol. The smallest absolute Gasteiger partial charge is 0.0705 e. The Hall–Kier alpha value is -0.160. The van der Waals surface area contributed by atoms with Crippen molar-refractivity contribution in [3.63, 3.8) is 0 Å². The fraction of sp³-hybridized carbons (Fsp3) is 1.00. The molecule has 0 amide bonds. The van der Waals surface area contributed by atoms with Gasteiger partial charge in [-0.05, 0) is 44.2 Å². The lowest BCUT2D eigenvalue weighted by atomic mass is 9.98. The van der Waals surface area contributed by atoms with Crippen LogP contribution in [0.5, 0.6) is 0 Å². The third-order valence-electron chi connectivity index (χ3n) is 5.06. The van der Waals surface area contributed by atoms with Crippen molar-refractivity contribution in [2.45, 2.75) is 46.1 Å². The highest BCUT2D eigenvalue weighted by Gasteiger charge is 2.22. The first-order valence-corrected chi connectivity index (χ1v) is 9.40. The highest BCUT2D eigenvalue weighted by Crippen LogP contribution is 2.18. The summed E-state index contributed by atoms with van der Waals surface area (Å²) >= 11 is 0. The molecule has 2 saturated heterocycles. The van der Waals surface area contributed by atoms with E-state index in [0.717, 1.165) is 44.6 Å². The monoisotopic (exact) mass is 311 g/mol. The van der Waals surface area contributed by atoms with Crippen LogP contribution in [0.2, 0.25) is 0 Å². The molecular formula is C18H37N3O. The lowest BCUT2D eigenvalue weighted by Crippen LogP contribution is -2.45. The Labute approximate surface area is 137 Å². The Morgan fingerprint density at radius 3 is 2.45 bits per heavy atom. The highest BCUT2D eigenvalue weighted by atomic mass is 16.5. The summed E-state index contributed by atoms with van der Waals surface area (Å²) in [5.41, 5.74) is 0. The quantitative estimate of drug-likeness (QED) is 0.742. The van der Waals surface area contributed by atoms with Crippen LogP contribution in [0.15, 0.2) is 0 Å². The van der Waals surface area contributed by atoms with Crippen molar-refractivity contribution in [2.75, 3.05) is 59.0 Å². The first-order chi connectivity index (χ1) is 10.6. The molecule has 0 spiro atoms. The van der Waals surface area contributed by atoms with Gasteiger partial charge in [-0.1, -0.05) is 20.8 Å². The SMILES string of the molecule is CC(C)CCN1CCOC(CC(C)CCN2CCNCC2)C1. The number of morpholine rings is 1. The van der Waals surface area contributed by atoms with E-state index in [0.29, 0.717) is 6.10 Å². The van der Waals surface area contributed by atoms with E-state index in [1.54, 1.807) is 0 Å². The van der Waals surface area contributed by atoms with Gasteiger partial charge in [0.1, 0.15) is 0 Å². The summed E-state index contributed by atoms with van der Waals surface area (Å²) < 4.78 is 6.01. The minimum Gasteiger partial charge on any atom is -0.376 e. The summed E-state index contributed by atoms with van der Waals surface area (Å²) in [6.45, 7) is 17.5. The van der Waals surface area contributed by atoms with Gasteiger partial charge < -0.3 is 15.0 Å². The maximum atomic E-state index is 6.01. The van der Waals surface area contributed by atoms with Crippen molar-refractivity contribution in [3.05, 3.63) is 0 Å². The van der Waals surface area contributed by atoms with Crippen LogP contribution in [0.1, 0.15) is 40.0 Å². The molecule has 0 saturated carbocycles. The lowest BCUT2D eigenvalue weighted by molar-refractivity contribution is -0.0399. The van der Waals surface area contributed by atoms with Gasteiger partial charge in [0.05, 0.1) is 12.7 Å². The van der Waals surface area contributed by atoms with Crippen molar-refractivity contribution < 1.29 is 4.74 Å². The number of piperazine rings is 1. The van der Waals surface area contributed by atoms with Gasteiger partial charge in [-0.2, -0.15) is 0 Å². The highest BCUT2D eigenvalue weighted by molar-refractivity contribution is 4.75. The van der Waals surface area contributed by atoms with Crippen molar-refractivity contribution in [1.29, 1.82) is 0 Å². The van der Waals surface area contributed by atoms with Crippen LogP contribution in [0.4, 0.5) is 0 Å².